The zero-order chi connectivity index (χ0) is 17.6. The Kier molecular flexibility index (Phi) is 5.18. The summed E-state index contributed by atoms with van der Waals surface area (Å²) in [4.78, 5) is 16.5. The summed E-state index contributed by atoms with van der Waals surface area (Å²) in [6.45, 7) is 4.88. The lowest BCUT2D eigenvalue weighted by molar-refractivity contribution is -0.123. The summed E-state index contributed by atoms with van der Waals surface area (Å²) in [5.74, 6) is 1.21. The van der Waals surface area contributed by atoms with Gasteiger partial charge in [-0.1, -0.05) is 6.07 Å². The molecule has 0 radical (unpaired) electrons. The largest absolute Gasteiger partial charge is 0.494 e. The highest BCUT2D eigenvalue weighted by molar-refractivity contribution is 5.77. The topological polar surface area (TPSA) is 64.9 Å². The van der Waals surface area contributed by atoms with Gasteiger partial charge >= 0.3 is 0 Å². The number of fused-ring (bicyclic) bond motifs is 1. The van der Waals surface area contributed by atoms with Crippen LogP contribution in [0.25, 0.3) is 5.65 Å². The fourth-order valence-electron chi connectivity index (χ4n) is 2.48. The maximum absolute atomic E-state index is 11.9. The number of aryl methyl sites for hydroxylation is 1. The first kappa shape index (κ1) is 16.8. The molecule has 25 heavy (non-hydrogen) atoms. The molecular formula is C19H21N3O3. The molecule has 2 heterocycles. The predicted octanol–water partition coefficient (Wildman–Crippen LogP) is 2.74. The summed E-state index contributed by atoms with van der Waals surface area (Å²) in [7, 11) is 0. The van der Waals surface area contributed by atoms with E-state index in [0.29, 0.717) is 18.9 Å². The average molecular weight is 339 g/mol. The minimum Gasteiger partial charge on any atom is -0.494 e. The van der Waals surface area contributed by atoms with Gasteiger partial charge in [-0.05, 0) is 49.7 Å². The summed E-state index contributed by atoms with van der Waals surface area (Å²) in [6.07, 6.45) is 3.85. The Morgan fingerprint density at radius 3 is 2.56 bits per heavy atom. The van der Waals surface area contributed by atoms with E-state index in [2.05, 4.69) is 10.3 Å². The van der Waals surface area contributed by atoms with Crippen molar-refractivity contribution in [1.29, 1.82) is 0 Å². The molecule has 2 aromatic heterocycles. The predicted molar refractivity (Wildman–Crippen MR) is 94.9 cm³/mol. The van der Waals surface area contributed by atoms with Gasteiger partial charge in [0.25, 0.3) is 5.91 Å². The maximum atomic E-state index is 11.9. The number of carbonyl (C=O) groups excluding carboxylic acids is 1. The van der Waals surface area contributed by atoms with Gasteiger partial charge in [0, 0.05) is 12.4 Å². The van der Waals surface area contributed by atoms with E-state index in [4.69, 9.17) is 9.47 Å². The lowest BCUT2D eigenvalue weighted by Crippen LogP contribution is -2.28. The van der Waals surface area contributed by atoms with Crippen molar-refractivity contribution in [3.8, 4) is 11.5 Å². The van der Waals surface area contributed by atoms with Crippen LogP contribution in [0.4, 0.5) is 0 Å². The van der Waals surface area contributed by atoms with Crippen LogP contribution in [-0.2, 0) is 11.3 Å². The number of benzene rings is 1. The van der Waals surface area contributed by atoms with Gasteiger partial charge in [0.15, 0.2) is 6.61 Å². The Morgan fingerprint density at radius 1 is 1.16 bits per heavy atom. The summed E-state index contributed by atoms with van der Waals surface area (Å²) in [6, 6.07) is 11.2. The first-order valence-corrected chi connectivity index (χ1v) is 8.21. The molecule has 0 unspecified atom stereocenters. The molecule has 1 N–H and O–H groups in total. The fourth-order valence-corrected chi connectivity index (χ4v) is 2.48. The van der Waals surface area contributed by atoms with Crippen LogP contribution in [-0.4, -0.2) is 28.5 Å². The van der Waals surface area contributed by atoms with Gasteiger partial charge in [0.1, 0.15) is 17.1 Å². The van der Waals surface area contributed by atoms with Crippen LogP contribution in [0.5, 0.6) is 11.5 Å². The Morgan fingerprint density at radius 2 is 1.88 bits per heavy atom. The molecule has 130 valence electrons. The molecule has 6 nitrogen and oxygen atoms in total. The van der Waals surface area contributed by atoms with Gasteiger partial charge in [-0.2, -0.15) is 0 Å². The highest BCUT2D eigenvalue weighted by atomic mass is 16.5. The number of nitrogens with one attached hydrogen (secondary N) is 1. The van der Waals surface area contributed by atoms with Crippen molar-refractivity contribution in [2.45, 2.75) is 20.4 Å². The number of pyridine rings is 1. The first-order chi connectivity index (χ1) is 12.2. The van der Waals surface area contributed by atoms with Crippen molar-refractivity contribution in [2.75, 3.05) is 13.2 Å². The average Bonchev–Trinajstić information content (AvgIpc) is 3.04. The number of nitrogens with zero attached hydrogens (tertiary/aromatic N) is 2. The van der Waals surface area contributed by atoms with Crippen molar-refractivity contribution >= 4 is 11.6 Å². The Bertz CT molecular complexity index is 856. The third kappa shape index (κ3) is 4.29. The molecule has 3 rings (SSSR count). The van der Waals surface area contributed by atoms with Crippen molar-refractivity contribution in [3.63, 3.8) is 0 Å². The Hall–Kier alpha value is -3.02. The minimum atomic E-state index is -0.192. The molecule has 1 aromatic carbocycles. The molecule has 0 aliphatic rings. The monoisotopic (exact) mass is 339 g/mol. The van der Waals surface area contributed by atoms with E-state index in [1.807, 2.05) is 54.9 Å². The Balaban J connectivity index is 1.49. The SMILES string of the molecule is CCOc1ccc(OCC(=O)NCc2cn3cccc(C)c3n2)cc1. The standard InChI is InChI=1S/C19H21N3O3/c1-3-24-16-6-8-17(9-7-16)25-13-18(23)20-11-15-12-22-10-4-5-14(2)19(22)21-15/h4-10,12H,3,11,13H2,1-2H3,(H,20,23). The van der Waals surface area contributed by atoms with Crippen LogP contribution < -0.4 is 14.8 Å². The molecule has 3 aromatic rings. The Labute approximate surface area is 146 Å². The second-order valence-electron chi connectivity index (χ2n) is 5.62. The third-order valence-corrected chi connectivity index (χ3v) is 3.70. The van der Waals surface area contributed by atoms with Crippen LogP contribution in [0.3, 0.4) is 0 Å². The summed E-state index contributed by atoms with van der Waals surface area (Å²) in [5, 5.41) is 2.82. The van der Waals surface area contributed by atoms with E-state index in [-0.39, 0.29) is 12.5 Å². The van der Waals surface area contributed by atoms with Gasteiger partial charge in [0.05, 0.1) is 18.8 Å². The molecule has 1 amide bonds. The van der Waals surface area contributed by atoms with E-state index in [0.717, 1.165) is 22.7 Å². The lowest BCUT2D eigenvalue weighted by atomic mass is 10.3. The van der Waals surface area contributed by atoms with Crippen molar-refractivity contribution in [3.05, 3.63) is 60.0 Å². The number of hydrogen-bond acceptors (Lipinski definition) is 4. The van der Waals surface area contributed by atoms with Crippen LogP contribution in [0.1, 0.15) is 18.2 Å². The van der Waals surface area contributed by atoms with Crippen LogP contribution in [0.15, 0.2) is 48.8 Å². The number of ether oxygens (including phenoxy) is 2. The van der Waals surface area contributed by atoms with E-state index >= 15 is 0 Å². The van der Waals surface area contributed by atoms with Gasteiger partial charge in [0.2, 0.25) is 0 Å². The number of hydrogen-bond donors (Lipinski definition) is 1. The van der Waals surface area contributed by atoms with Crippen molar-refractivity contribution in [1.82, 2.24) is 14.7 Å². The van der Waals surface area contributed by atoms with E-state index in [1.165, 1.54) is 0 Å². The lowest BCUT2D eigenvalue weighted by Gasteiger charge is -2.08. The maximum Gasteiger partial charge on any atom is 0.258 e. The highest BCUT2D eigenvalue weighted by Gasteiger charge is 2.07. The van der Waals surface area contributed by atoms with Crippen LogP contribution in [0, 0.1) is 6.92 Å². The third-order valence-electron chi connectivity index (χ3n) is 3.70. The number of amides is 1. The molecular weight excluding hydrogens is 318 g/mol. The van der Waals surface area contributed by atoms with E-state index < -0.39 is 0 Å². The van der Waals surface area contributed by atoms with Crippen LogP contribution >= 0.6 is 0 Å². The molecule has 0 atom stereocenters. The molecule has 6 heteroatoms. The van der Waals surface area contributed by atoms with Crippen molar-refractivity contribution < 1.29 is 14.3 Å². The van der Waals surface area contributed by atoms with Gasteiger partial charge in [-0.15, -0.1) is 0 Å². The molecule has 0 saturated heterocycles. The van der Waals surface area contributed by atoms with E-state index in [1.54, 1.807) is 12.1 Å². The molecule has 0 aliphatic heterocycles. The molecule has 0 aliphatic carbocycles. The van der Waals surface area contributed by atoms with Crippen LogP contribution in [0.2, 0.25) is 0 Å². The quantitative estimate of drug-likeness (QED) is 0.719. The summed E-state index contributed by atoms with van der Waals surface area (Å²) in [5.41, 5.74) is 2.81. The number of carbonyl (C=O) groups is 1. The van der Waals surface area contributed by atoms with Gasteiger partial charge in [-0.25, -0.2) is 4.98 Å². The number of imidazole rings is 1. The molecule has 0 spiro atoms. The highest BCUT2D eigenvalue weighted by Crippen LogP contribution is 2.17. The normalized spacial score (nSPS) is 10.6. The second kappa shape index (κ2) is 7.70. The van der Waals surface area contributed by atoms with Crippen molar-refractivity contribution in [2.24, 2.45) is 0 Å². The second-order valence-corrected chi connectivity index (χ2v) is 5.62. The number of rotatable bonds is 7. The van der Waals surface area contributed by atoms with E-state index in [9.17, 15) is 4.79 Å². The molecule has 0 saturated carbocycles. The fraction of sp³-hybridized carbons (Fsp3) is 0.263. The summed E-state index contributed by atoms with van der Waals surface area (Å²) < 4.78 is 12.8. The zero-order valence-electron chi connectivity index (χ0n) is 14.4. The zero-order valence-corrected chi connectivity index (χ0v) is 14.4. The summed E-state index contributed by atoms with van der Waals surface area (Å²) >= 11 is 0. The minimum absolute atomic E-state index is 0.0413. The van der Waals surface area contributed by atoms with Gasteiger partial charge in [-0.3, -0.25) is 4.79 Å². The van der Waals surface area contributed by atoms with Gasteiger partial charge < -0.3 is 19.2 Å². The molecule has 0 bridgehead atoms. The smallest absolute Gasteiger partial charge is 0.258 e. The molecule has 0 fully saturated rings. The first-order valence-electron chi connectivity index (χ1n) is 8.21. The number of aromatic nitrogens is 2.